The van der Waals surface area contributed by atoms with Crippen LogP contribution in [0.25, 0.3) is 0 Å². The molecule has 0 aliphatic rings. The Morgan fingerprint density at radius 1 is 1.20 bits per heavy atom. The third kappa shape index (κ3) is 3.03. The Bertz CT molecular complexity index is 320. The highest BCUT2D eigenvalue weighted by Gasteiger charge is 2.12. The second-order valence-corrected chi connectivity index (χ2v) is 4.21. The SMILES string of the molecule is CCNC(C)c1ccc(F)cc1C(C)C. The fraction of sp³-hybridized carbons (Fsp3) is 0.538. The zero-order chi connectivity index (χ0) is 11.4. The zero-order valence-electron chi connectivity index (χ0n) is 9.97. The van der Waals surface area contributed by atoms with Crippen molar-refractivity contribution in [1.82, 2.24) is 5.32 Å². The first-order valence-corrected chi connectivity index (χ1v) is 5.59. The van der Waals surface area contributed by atoms with Gasteiger partial charge in [0.15, 0.2) is 0 Å². The van der Waals surface area contributed by atoms with Crippen LogP contribution in [0.15, 0.2) is 18.2 Å². The van der Waals surface area contributed by atoms with Crippen molar-refractivity contribution in [2.24, 2.45) is 0 Å². The molecule has 1 atom stereocenters. The lowest BCUT2D eigenvalue weighted by molar-refractivity contribution is 0.580. The lowest BCUT2D eigenvalue weighted by Gasteiger charge is -2.19. The smallest absolute Gasteiger partial charge is 0.123 e. The molecule has 0 aromatic heterocycles. The van der Waals surface area contributed by atoms with Gasteiger partial charge in [-0.05, 0) is 42.6 Å². The lowest BCUT2D eigenvalue weighted by atomic mass is 9.93. The van der Waals surface area contributed by atoms with E-state index in [1.54, 1.807) is 6.07 Å². The summed E-state index contributed by atoms with van der Waals surface area (Å²) in [5.74, 6) is 0.211. The molecule has 1 rings (SSSR count). The monoisotopic (exact) mass is 209 g/mol. The molecule has 0 aliphatic carbocycles. The van der Waals surface area contributed by atoms with Gasteiger partial charge in [-0.1, -0.05) is 26.8 Å². The van der Waals surface area contributed by atoms with Gasteiger partial charge in [-0.15, -0.1) is 0 Å². The molecule has 1 nitrogen and oxygen atoms in total. The maximum absolute atomic E-state index is 13.1. The van der Waals surface area contributed by atoms with Crippen LogP contribution in [-0.4, -0.2) is 6.54 Å². The average molecular weight is 209 g/mol. The van der Waals surface area contributed by atoms with Crippen molar-refractivity contribution >= 4 is 0 Å². The summed E-state index contributed by atoms with van der Waals surface area (Å²) in [5.41, 5.74) is 2.30. The Hall–Kier alpha value is -0.890. The van der Waals surface area contributed by atoms with Gasteiger partial charge in [0.05, 0.1) is 0 Å². The molecule has 0 spiro atoms. The molecule has 0 saturated carbocycles. The molecule has 2 heteroatoms. The van der Waals surface area contributed by atoms with Gasteiger partial charge in [0.25, 0.3) is 0 Å². The highest BCUT2D eigenvalue weighted by Crippen LogP contribution is 2.25. The fourth-order valence-electron chi connectivity index (χ4n) is 1.86. The number of nitrogens with one attached hydrogen (secondary N) is 1. The summed E-state index contributed by atoms with van der Waals surface area (Å²) in [7, 11) is 0. The van der Waals surface area contributed by atoms with E-state index in [1.807, 2.05) is 6.07 Å². The van der Waals surface area contributed by atoms with Gasteiger partial charge in [-0.2, -0.15) is 0 Å². The number of benzene rings is 1. The first-order valence-electron chi connectivity index (χ1n) is 5.59. The molecule has 0 heterocycles. The highest BCUT2D eigenvalue weighted by molar-refractivity contribution is 5.32. The van der Waals surface area contributed by atoms with Crippen LogP contribution in [0.2, 0.25) is 0 Å². The van der Waals surface area contributed by atoms with Crippen molar-refractivity contribution in [3.8, 4) is 0 Å². The second-order valence-electron chi connectivity index (χ2n) is 4.21. The predicted octanol–water partition coefficient (Wildman–Crippen LogP) is 3.62. The Balaban J connectivity index is 3.05. The topological polar surface area (TPSA) is 12.0 Å². The molecule has 15 heavy (non-hydrogen) atoms. The van der Waals surface area contributed by atoms with Crippen molar-refractivity contribution in [3.63, 3.8) is 0 Å². The number of hydrogen-bond donors (Lipinski definition) is 1. The molecule has 0 bridgehead atoms. The van der Waals surface area contributed by atoms with E-state index in [9.17, 15) is 4.39 Å². The maximum atomic E-state index is 13.1. The van der Waals surface area contributed by atoms with Crippen LogP contribution in [0.4, 0.5) is 4.39 Å². The maximum Gasteiger partial charge on any atom is 0.123 e. The van der Waals surface area contributed by atoms with Crippen LogP contribution in [0.3, 0.4) is 0 Å². The summed E-state index contributed by atoms with van der Waals surface area (Å²) >= 11 is 0. The van der Waals surface area contributed by atoms with Crippen molar-refractivity contribution in [2.45, 2.75) is 39.7 Å². The Kier molecular flexibility index (Phi) is 4.28. The third-order valence-electron chi connectivity index (χ3n) is 2.65. The molecule has 0 saturated heterocycles. The van der Waals surface area contributed by atoms with Crippen molar-refractivity contribution in [1.29, 1.82) is 0 Å². The molecule has 0 fully saturated rings. The molecule has 1 aromatic carbocycles. The van der Waals surface area contributed by atoms with Gasteiger partial charge in [0, 0.05) is 6.04 Å². The molecular weight excluding hydrogens is 189 g/mol. The van der Waals surface area contributed by atoms with E-state index in [1.165, 1.54) is 11.6 Å². The molecule has 1 aromatic rings. The van der Waals surface area contributed by atoms with Crippen LogP contribution >= 0.6 is 0 Å². The minimum atomic E-state index is -0.147. The molecule has 0 amide bonds. The second kappa shape index (κ2) is 5.26. The Morgan fingerprint density at radius 3 is 2.40 bits per heavy atom. The van der Waals surface area contributed by atoms with E-state index in [4.69, 9.17) is 0 Å². The minimum absolute atomic E-state index is 0.147. The van der Waals surface area contributed by atoms with Crippen LogP contribution in [-0.2, 0) is 0 Å². The van der Waals surface area contributed by atoms with E-state index in [-0.39, 0.29) is 11.9 Å². The first kappa shape index (κ1) is 12.2. The van der Waals surface area contributed by atoms with E-state index in [0.29, 0.717) is 5.92 Å². The van der Waals surface area contributed by atoms with Crippen molar-refractivity contribution < 1.29 is 4.39 Å². The van der Waals surface area contributed by atoms with Crippen LogP contribution in [0.5, 0.6) is 0 Å². The fourth-order valence-corrected chi connectivity index (χ4v) is 1.86. The molecule has 0 radical (unpaired) electrons. The number of halogens is 1. The lowest BCUT2D eigenvalue weighted by Crippen LogP contribution is -2.19. The quantitative estimate of drug-likeness (QED) is 0.798. The van der Waals surface area contributed by atoms with E-state index in [2.05, 4.69) is 33.0 Å². The van der Waals surface area contributed by atoms with Gasteiger partial charge >= 0.3 is 0 Å². The van der Waals surface area contributed by atoms with E-state index in [0.717, 1.165) is 12.1 Å². The average Bonchev–Trinajstić information content (AvgIpc) is 2.17. The molecular formula is C13H20FN. The van der Waals surface area contributed by atoms with Crippen molar-refractivity contribution in [3.05, 3.63) is 35.1 Å². The standard InChI is InChI=1S/C13H20FN/c1-5-15-10(4)12-7-6-11(14)8-13(12)9(2)3/h6-10,15H,5H2,1-4H3. The normalized spacial score (nSPS) is 13.2. The molecule has 84 valence electrons. The Labute approximate surface area is 91.7 Å². The first-order chi connectivity index (χ1) is 7.06. The minimum Gasteiger partial charge on any atom is -0.310 e. The Morgan fingerprint density at radius 2 is 1.87 bits per heavy atom. The van der Waals surface area contributed by atoms with Gasteiger partial charge in [0.1, 0.15) is 5.82 Å². The van der Waals surface area contributed by atoms with Gasteiger partial charge in [-0.25, -0.2) is 4.39 Å². The van der Waals surface area contributed by atoms with Crippen LogP contribution in [0, 0.1) is 5.82 Å². The van der Waals surface area contributed by atoms with Gasteiger partial charge in [-0.3, -0.25) is 0 Å². The summed E-state index contributed by atoms with van der Waals surface area (Å²) in [6.07, 6.45) is 0. The third-order valence-corrected chi connectivity index (χ3v) is 2.65. The van der Waals surface area contributed by atoms with Gasteiger partial charge < -0.3 is 5.32 Å². The molecule has 1 unspecified atom stereocenters. The summed E-state index contributed by atoms with van der Waals surface area (Å²) in [5, 5.41) is 3.35. The summed E-state index contributed by atoms with van der Waals surface area (Å²) in [6.45, 7) is 9.31. The number of hydrogen-bond acceptors (Lipinski definition) is 1. The van der Waals surface area contributed by atoms with E-state index < -0.39 is 0 Å². The zero-order valence-corrected chi connectivity index (χ0v) is 9.97. The summed E-state index contributed by atoms with van der Waals surface area (Å²) in [6, 6.07) is 5.36. The molecule has 1 N–H and O–H groups in total. The highest BCUT2D eigenvalue weighted by atomic mass is 19.1. The summed E-state index contributed by atoms with van der Waals surface area (Å²) in [4.78, 5) is 0. The van der Waals surface area contributed by atoms with E-state index >= 15 is 0 Å². The van der Waals surface area contributed by atoms with Crippen molar-refractivity contribution in [2.75, 3.05) is 6.54 Å². The number of rotatable bonds is 4. The molecule has 0 aliphatic heterocycles. The van der Waals surface area contributed by atoms with Crippen LogP contribution < -0.4 is 5.32 Å². The van der Waals surface area contributed by atoms with Gasteiger partial charge in [0.2, 0.25) is 0 Å². The summed E-state index contributed by atoms with van der Waals surface area (Å²) < 4.78 is 13.1. The largest absolute Gasteiger partial charge is 0.310 e. The van der Waals surface area contributed by atoms with Crippen LogP contribution in [0.1, 0.15) is 50.8 Å². The predicted molar refractivity (Wildman–Crippen MR) is 62.6 cm³/mol.